The molecule has 2 nitrogen and oxygen atoms in total. The van der Waals surface area contributed by atoms with Gasteiger partial charge < -0.3 is 5.32 Å². The average Bonchev–Trinajstić information content (AvgIpc) is 2.92. The summed E-state index contributed by atoms with van der Waals surface area (Å²) >= 11 is 11.1. The van der Waals surface area contributed by atoms with Crippen LogP contribution in [0.1, 0.15) is 22.0 Å². The van der Waals surface area contributed by atoms with Crippen LogP contribution >= 0.6 is 51.3 Å². The smallest absolute Gasteiger partial charge is 0.131 e. The van der Waals surface area contributed by atoms with Crippen LogP contribution in [0, 0.1) is 12.7 Å². The number of hydrogen-bond donors (Lipinski definition) is 1. The monoisotopic (exact) mass is 438 g/mol. The van der Waals surface area contributed by atoms with Gasteiger partial charge in [-0.05, 0) is 36.8 Å². The minimum atomic E-state index is -0.128. The van der Waals surface area contributed by atoms with E-state index in [0.29, 0.717) is 11.1 Å². The normalized spacial score (nSPS) is 16.9. The van der Waals surface area contributed by atoms with E-state index in [1.54, 1.807) is 6.92 Å². The first kappa shape index (κ1) is 19.2. The zero-order chi connectivity index (χ0) is 15.7. The predicted molar refractivity (Wildman–Crippen MR) is 102 cm³/mol. The van der Waals surface area contributed by atoms with E-state index in [-0.39, 0.29) is 24.3 Å². The molecule has 2 aromatic rings. The van der Waals surface area contributed by atoms with Crippen molar-refractivity contribution in [3.8, 4) is 0 Å². The van der Waals surface area contributed by atoms with Gasteiger partial charge in [0.2, 0.25) is 0 Å². The molecule has 7 heteroatoms. The second-order valence-electron chi connectivity index (χ2n) is 5.46. The highest BCUT2D eigenvalue weighted by Gasteiger charge is 2.28. The third-order valence-electron chi connectivity index (χ3n) is 3.92. The Kier molecular flexibility index (Phi) is 6.89. The van der Waals surface area contributed by atoms with E-state index >= 15 is 0 Å². The molecule has 1 atom stereocenters. The second kappa shape index (κ2) is 8.28. The van der Waals surface area contributed by atoms with Crippen molar-refractivity contribution < 1.29 is 4.39 Å². The molecule has 1 fully saturated rings. The summed E-state index contributed by atoms with van der Waals surface area (Å²) in [5.74, 6) is -0.128. The second-order valence-corrected chi connectivity index (χ2v) is 8.12. The Bertz CT molecular complexity index is 674. The van der Waals surface area contributed by atoms with Crippen molar-refractivity contribution in [2.24, 2.45) is 0 Å². The molecule has 1 aliphatic heterocycles. The molecule has 0 saturated carbocycles. The third-order valence-corrected chi connectivity index (χ3v) is 5.66. The van der Waals surface area contributed by atoms with Crippen molar-refractivity contribution in [3.05, 3.63) is 54.9 Å². The molecule has 1 aliphatic rings. The molecule has 126 valence electrons. The highest BCUT2D eigenvalue weighted by Crippen LogP contribution is 2.38. The summed E-state index contributed by atoms with van der Waals surface area (Å²) < 4.78 is 16.4. The molecule has 0 bridgehead atoms. The number of thiophene rings is 1. The van der Waals surface area contributed by atoms with Gasteiger partial charge in [-0.1, -0.05) is 27.5 Å². The quantitative estimate of drug-likeness (QED) is 0.721. The Morgan fingerprint density at radius 1 is 1.30 bits per heavy atom. The van der Waals surface area contributed by atoms with Gasteiger partial charge in [-0.15, -0.1) is 23.7 Å². The lowest BCUT2D eigenvalue weighted by Crippen LogP contribution is -2.45. The van der Waals surface area contributed by atoms with Crippen LogP contribution in [-0.4, -0.2) is 31.1 Å². The van der Waals surface area contributed by atoms with Gasteiger partial charge in [0, 0.05) is 41.1 Å². The van der Waals surface area contributed by atoms with E-state index in [4.69, 9.17) is 11.6 Å². The first-order valence-corrected chi connectivity index (χ1v) is 9.20. The highest BCUT2D eigenvalue weighted by molar-refractivity contribution is 9.10. The standard InChI is InChI=1S/C16H17BrClFN2S.ClH/c1-10-8-11(17)9-12(15(10)19)16(13-2-3-14(18)22-13)21-6-4-20-5-7-21;/h2-3,8-9,16,20H,4-7H2,1H3;1H/t16-;/m0./s1. The van der Waals surface area contributed by atoms with Crippen molar-refractivity contribution in [2.75, 3.05) is 26.2 Å². The fraction of sp³-hybridized carbons (Fsp3) is 0.375. The Balaban J connectivity index is 0.00000192. The van der Waals surface area contributed by atoms with Gasteiger partial charge in [-0.25, -0.2) is 4.39 Å². The Morgan fingerprint density at radius 2 is 2.00 bits per heavy atom. The molecule has 0 aliphatic carbocycles. The fourth-order valence-corrected chi connectivity index (χ4v) is 4.70. The first-order valence-electron chi connectivity index (χ1n) is 7.22. The van der Waals surface area contributed by atoms with Crippen molar-refractivity contribution in [1.29, 1.82) is 0 Å². The lowest BCUT2D eigenvalue weighted by atomic mass is 10.00. The Hall–Kier alpha value is -0.170. The lowest BCUT2D eigenvalue weighted by Gasteiger charge is -2.35. The van der Waals surface area contributed by atoms with E-state index in [2.05, 4.69) is 26.1 Å². The van der Waals surface area contributed by atoms with Crippen LogP contribution in [0.25, 0.3) is 0 Å². The van der Waals surface area contributed by atoms with Crippen molar-refractivity contribution in [2.45, 2.75) is 13.0 Å². The number of nitrogens with zero attached hydrogens (tertiary/aromatic N) is 1. The van der Waals surface area contributed by atoms with Gasteiger partial charge in [-0.3, -0.25) is 4.90 Å². The van der Waals surface area contributed by atoms with E-state index in [0.717, 1.165) is 39.9 Å². The molecule has 0 amide bonds. The van der Waals surface area contributed by atoms with Gasteiger partial charge in [0.25, 0.3) is 0 Å². The minimum Gasteiger partial charge on any atom is -0.314 e. The molecule has 1 N–H and O–H groups in total. The maximum Gasteiger partial charge on any atom is 0.131 e. The summed E-state index contributed by atoms with van der Waals surface area (Å²) in [4.78, 5) is 3.41. The maximum absolute atomic E-state index is 14.8. The third kappa shape index (κ3) is 4.27. The molecule has 0 spiro atoms. The molecule has 1 saturated heterocycles. The Labute approximate surface area is 159 Å². The molecular formula is C16H18BrCl2FN2S. The lowest BCUT2D eigenvalue weighted by molar-refractivity contribution is 0.197. The largest absolute Gasteiger partial charge is 0.314 e. The molecule has 23 heavy (non-hydrogen) atoms. The van der Waals surface area contributed by atoms with Crippen LogP contribution in [0.2, 0.25) is 4.34 Å². The van der Waals surface area contributed by atoms with Crippen molar-refractivity contribution in [1.82, 2.24) is 10.2 Å². The molecule has 2 heterocycles. The topological polar surface area (TPSA) is 15.3 Å². The fourth-order valence-electron chi connectivity index (χ4n) is 2.90. The number of piperazine rings is 1. The number of nitrogens with one attached hydrogen (secondary N) is 1. The van der Waals surface area contributed by atoms with Crippen LogP contribution in [0.3, 0.4) is 0 Å². The molecular weight excluding hydrogens is 422 g/mol. The van der Waals surface area contributed by atoms with Crippen LogP contribution in [0.4, 0.5) is 4.39 Å². The van der Waals surface area contributed by atoms with Crippen LogP contribution in [-0.2, 0) is 0 Å². The summed E-state index contributed by atoms with van der Waals surface area (Å²) in [6.45, 7) is 5.44. The highest BCUT2D eigenvalue weighted by atomic mass is 79.9. The SMILES string of the molecule is Cc1cc(Br)cc([C@@H](c2ccc(Cl)s2)N2CCNCC2)c1F.Cl. The van der Waals surface area contributed by atoms with E-state index in [1.165, 1.54) is 11.3 Å². The van der Waals surface area contributed by atoms with E-state index in [1.807, 2.05) is 24.3 Å². The molecule has 0 radical (unpaired) electrons. The molecule has 0 unspecified atom stereocenters. The van der Waals surface area contributed by atoms with Crippen molar-refractivity contribution in [3.63, 3.8) is 0 Å². The van der Waals surface area contributed by atoms with Crippen LogP contribution < -0.4 is 5.32 Å². The predicted octanol–water partition coefficient (Wildman–Crippen LogP) is 5.03. The Morgan fingerprint density at radius 3 is 2.61 bits per heavy atom. The van der Waals surface area contributed by atoms with Gasteiger partial charge in [0.1, 0.15) is 5.82 Å². The van der Waals surface area contributed by atoms with Gasteiger partial charge in [-0.2, -0.15) is 0 Å². The minimum absolute atomic E-state index is 0. The summed E-state index contributed by atoms with van der Waals surface area (Å²) in [5, 5.41) is 3.35. The van der Waals surface area contributed by atoms with Gasteiger partial charge in [0.05, 0.1) is 10.4 Å². The summed E-state index contributed by atoms with van der Waals surface area (Å²) in [7, 11) is 0. The zero-order valence-electron chi connectivity index (χ0n) is 12.6. The summed E-state index contributed by atoms with van der Waals surface area (Å²) in [6.07, 6.45) is 0. The number of aryl methyl sites for hydroxylation is 1. The number of rotatable bonds is 3. The maximum atomic E-state index is 14.8. The summed E-state index contributed by atoms with van der Waals surface area (Å²) in [5.41, 5.74) is 1.37. The van der Waals surface area contributed by atoms with E-state index < -0.39 is 0 Å². The van der Waals surface area contributed by atoms with Crippen LogP contribution in [0.5, 0.6) is 0 Å². The molecule has 1 aromatic carbocycles. The van der Waals surface area contributed by atoms with Gasteiger partial charge in [0.15, 0.2) is 0 Å². The number of halogens is 4. The van der Waals surface area contributed by atoms with Gasteiger partial charge >= 0.3 is 0 Å². The molecule has 1 aromatic heterocycles. The first-order chi connectivity index (χ1) is 10.6. The van der Waals surface area contributed by atoms with Crippen LogP contribution in [0.15, 0.2) is 28.7 Å². The van der Waals surface area contributed by atoms with E-state index in [9.17, 15) is 4.39 Å². The number of hydrogen-bond acceptors (Lipinski definition) is 3. The average molecular weight is 440 g/mol. The zero-order valence-corrected chi connectivity index (χ0v) is 16.6. The van der Waals surface area contributed by atoms with Crippen molar-refractivity contribution >= 4 is 51.3 Å². The summed E-state index contributed by atoms with van der Waals surface area (Å²) in [6, 6.07) is 7.52. The molecule has 3 rings (SSSR count). The number of benzene rings is 1.